The van der Waals surface area contributed by atoms with Gasteiger partial charge in [-0.05, 0) is 47.5 Å². The van der Waals surface area contributed by atoms with Crippen LogP contribution in [0.1, 0.15) is 10.4 Å². The van der Waals surface area contributed by atoms with Crippen molar-refractivity contribution in [2.75, 3.05) is 13.2 Å². The van der Waals surface area contributed by atoms with Gasteiger partial charge in [0.05, 0.1) is 12.1 Å². The number of hydrogen-bond donors (Lipinski definition) is 0. The molecule has 0 fully saturated rings. The summed E-state index contributed by atoms with van der Waals surface area (Å²) in [6, 6.07) is 20.9. The average molecular weight is 413 g/mol. The summed E-state index contributed by atoms with van der Waals surface area (Å²) >= 11 is 0. The fourth-order valence-electron chi connectivity index (χ4n) is 2.66. The van der Waals surface area contributed by atoms with Crippen molar-refractivity contribution in [2.45, 2.75) is 0 Å². The Kier molecular flexibility index (Phi) is 7.17. The molecule has 3 rings (SSSR count). The van der Waals surface area contributed by atoms with Crippen molar-refractivity contribution in [3.63, 3.8) is 0 Å². The predicted molar refractivity (Wildman–Crippen MR) is 116 cm³/mol. The van der Waals surface area contributed by atoms with Gasteiger partial charge in [0, 0.05) is 6.08 Å². The molecule has 0 aromatic heterocycles. The van der Waals surface area contributed by atoms with Crippen LogP contribution in [-0.2, 0) is 9.53 Å². The Balaban J connectivity index is 1.54. The second-order valence-corrected chi connectivity index (χ2v) is 6.32. The highest BCUT2D eigenvalue weighted by molar-refractivity contribution is 5.91. The molecule has 0 radical (unpaired) electrons. The molecule has 0 amide bonds. The minimum absolute atomic E-state index is 0.106. The standard InChI is InChI=1S/C25H19NO5/c1-3-24(27)30-17-16-29-22-12-8-20(9-13-22)25(28)31-23-14-6-19(7-15-23)18-4-10-21(26-2)11-5-18/h3-15H,1,16-17H2. The van der Waals surface area contributed by atoms with E-state index in [0.29, 0.717) is 22.7 Å². The smallest absolute Gasteiger partial charge is 0.343 e. The Morgan fingerprint density at radius 1 is 0.839 bits per heavy atom. The van der Waals surface area contributed by atoms with E-state index in [4.69, 9.17) is 20.8 Å². The minimum atomic E-state index is -0.507. The number of esters is 2. The number of hydrogen-bond acceptors (Lipinski definition) is 5. The summed E-state index contributed by atoms with van der Waals surface area (Å²) < 4.78 is 15.7. The fourth-order valence-corrected chi connectivity index (χ4v) is 2.66. The van der Waals surface area contributed by atoms with E-state index in [1.165, 1.54) is 0 Å². The first-order valence-electron chi connectivity index (χ1n) is 9.41. The van der Waals surface area contributed by atoms with Gasteiger partial charge in [0.2, 0.25) is 0 Å². The van der Waals surface area contributed by atoms with E-state index in [2.05, 4.69) is 11.4 Å². The largest absolute Gasteiger partial charge is 0.490 e. The highest BCUT2D eigenvalue weighted by atomic mass is 16.6. The highest BCUT2D eigenvalue weighted by Gasteiger charge is 2.09. The minimum Gasteiger partial charge on any atom is -0.490 e. The quantitative estimate of drug-likeness (QED) is 0.166. The molecule has 0 bridgehead atoms. The van der Waals surface area contributed by atoms with Crippen molar-refractivity contribution < 1.29 is 23.8 Å². The van der Waals surface area contributed by atoms with Crippen molar-refractivity contribution in [1.82, 2.24) is 0 Å². The lowest BCUT2D eigenvalue weighted by Gasteiger charge is -2.08. The van der Waals surface area contributed by atoms with E-state index in [1.54, 1.807) is 48.5 Å². The Morgan fingerprint density at radius 2 is 1.42 bits per heavy atom. The average Bonchev–Trinajstić information content (AvgIpc) is 2.82. The summed E-state index contributed by atoms with van der Waals surface area (Å²) in [6.45, 7) is 10.6. The normalized spacial score (nSPS) is 9.90. The zero-order chi connectivity index (χ0) is 22.1. The maximum atomic E-state index is 12.4. The first kappa shape index (κ1) is 21.3. The molecule has 0 atom stereocenters. The second-order valence-electron chi connectivity index (χ2n) is 6.32. The first-order valence-corrected chi connectivity index (χ1v) is 9.41. The summed E-state index contributed by atoms with van der Waals surface area (Å²) in [6.07, 6.45) is 1.09. The van der Waals surface area contributed by atoms with Gasteiger partial charge in [-0.3, -0.25) is 0 Å². The van der Waals surface area contributed by atoms with Crippen LogP contribution in [0.25, 0.3) is 16.0 Å². The Morgan fingerprint density at radius 3 is 2.00 bits per heavy atom. The predicted octanol–water partition coefficient (Wildman–Crippen LogP) is 5.23. The van der Waals surface area contributed by atoms with E-state index in [0.717, 1.165) is 17.2 Å². The van der Waals surface area contributed by atoms with Crippen molar-refractivity contribution >= 4 is 17.6 Å². The van der Waals surface area contributed by atoms with Gasteiger partial charge in [0.25, 0.3) is 0 Å². The molecule has 0 aliphatic rings. The molecule has 6 nitrogen and oxygen atoms in total. The fraction of sp³-hybridized carbons (Fsp3) is 0.0800. The zero-order valence-corrected chi connectivity index (χ0v) is 16.6. The highest BCUT2D eigenvalue weighted by Crippen LogP contribution is 2.25. The van der Waals surface area contributed by atoms with Crippen LogP contribution in [0.4, 0.5) is 5.69 Å². The van der Waals surface area contributed by atoms with Gasteiger partial charge in [-0.1, -0.05) is 43.0 Å². The van der Waals surface area contributed by atoms with Gasteiger partial charge in [-0.15, -0.1) is 0 Å². The van der Waals surface area contributed by atoms with Crippen LogP contribution < -0.4 is 9.47 Å². The summed E-state index contributed by atoms with van der Waals surface area (Å²) in [7, 11) is 0. The van der Waals surface area contributed by atoms with Crippen molar-refractivity contribution in [3.05, 3.63) is 102 Å². The molecule has 0 N–H and O–H groups in total. The Bertz CT molecular complexity index is 1090. The molecule has 0 spiro atoms. The molecule has 0 aliphatic heterocycles. The molecule has 31 heavy (non-hydrogen) atoms. The van der Waals surface area contributed by atoms with Crippen LogP contribution in [0.5, 0.6) is 11.5 Å². The van der Waals surface area contributed by atoms with Crippen LogP contribution in [0.3, 0.4) is 0 Å². The summed E-state index contributed by atoms with van der Waals surface area (Å²) in [5.74, 6) is -0.0240. The number of carbonyl (C=O) groups excluding carboxylic acids is 2. The first-order chi connectivity index (χ1) is 15.1. The Labute approximate surface area is 180 Å². The van der Waals surface area contributed by atoms with Crippen LogP contribution in [0.2, 0.25) is 0 Å². The summed E-state index contributed by atoms with van der Waals surface area (Å²) in [5.41, 5.74) is 2.89. The van der Waals surface area contributed by atoms with Crippen molar-refractivity contribution in [3.8, 4) is 22.6 Å². The van der Waals surface area contributed by atoms with Gasteiger partial charge in [0.1, 0.15) is 24.7 Å². The van der Waals surface area contributed by atoms with Gasteiger partial charge < -0.3 is 14.2 Å². The lowest BCUT2D eigenvalue weighted by Crippen LogP contribution is -2.11. The van der Waals surface area contributed by atoms with Gasteiger partial charge >= 0.3 is 11.9 Å². The van der Waals surface area contributed by atoms with Crippen molar-refractivity contribution in [2.24, 2.45) is 0 Å². The van der Waals surface area contributed by atoms with E-state index in [-0.39, 0.29) is 13.2 Å². The maximum Gasteiger partial charge on any atom is 0.343 e. The van der Waals surface area contributed by atoms with E-state index < -0.39 is 11.9 Å². The molecule has 3 aromatic rings. The maximum absolute atomic E-state index is 12.4. The number of ether oxygens (including phenoxy) is 3. The van der Waals surface area contributed by atoms with E-state index in [1.807, 2.05) is 24.3 Å². The third kappa shape index (κ3) is 6.05. The zero-order valence-electron chi connectivity index (χ0n) is 16.6. The van der Waals surface area contributed by atoms with Gasteiger partial charge in [-0.2, -0.15) is 0 Å². The SMILES string of the molecule is [C-]#[N+]c1ccc(-c2ccc(OC(=O)c3ccc(OCCOC(=O)C=C)cc3)cc2)cc1. The van der Waals surface area contributed by atoms with Crippen LogP contribution >= 0.6 is 0 Å². The molecule has 0 aliphatic carbocycles. The van der Waals surface area contributed by atoms with E-state index >= 15 is 0 Å². The third-order valence-corrected chi connectivity index (χ3v) is 4.25. The van der Waals surface area contributed by atoms with Crippen LogP contribution in [0, 0.1) is 6.57 Å². The van der Waals surface area contributed by atoms with Gasteiger partial charge in [-0.25, -0.2) is 14.4 Å². The lowest BCUT2D eigenvalue weighted by atomic mass is 10.1. The molecule has 154 valence electrons. The summed E-state index contributed by atoms with van der Waals surface area (Å²) in [4.78, 5) is 26.7. The summed E-state index contributed by atoms with van der Waals surface area (Å²) in [5, 5.41) is 0. The molecular weight excluding hydrogens is 394 g/mol. The number of rotatable bonds is 8. The monoisotopic (exact) mass is 413 g/mol. The topological polar surface area (TPSA) is 66.2 Å². The molecular formula is C25H19NO5. The number of carbonyl (C=O) groups is 2. The van der Waals surface area contributed by atoms with Gasteiger partial charge in [0.15, 0.2) is 5.69 Å². The molecule has 6 heteroatoms. The second kappa shape index (κ2) is 10.4. The molecule has 0 saturated carbocycles. The van der Waals surface area contributed by atoms with Crippen LogP contribution in [0.15, 0.2) is 85.5 Å². The van der Waals surface area contributed by atoms with Crippen LogP contribution in [-0.4, -0.2) is 25.2 Å². The number of nitrogens with zero attached hydrogens (tertiary/aromatic N) is 1. The molecule has 3 aromatic carbocycles. The Hall–Kier alpha value is -4.37. The van der Waals surface area contributed by atoms with E-state index in [9.17, 15) is 9.59 Å². The van der Waals surface area contributed by atoms with Crippen molar-refractivity contribution in [1.29, 1.82) is 0 Å². The number of benzene rings is 3. The lowest BCUT2D eigenvalue weighted by molar-refractivity contribution is -0.138. The molecule has 0 heterocycles. The molecule has 0 saturated heterocycles. The third-order valence-electron chi connectivity index (χ3n) is 4.25. The molecule has 0 unspecified atom stereocenters.